The maximum absolute atomic E-state index is 3.36. The van der Waals surface area contributed by atoms with Gasteiger partial charge < -0.3 is 10.6 Å². The van der Waals surface area contributed by atoms with Gasteiger partial charge in [-0.05, 0) is 32.4 Å². The highest BCUT2D eigenvalue weighted by atomic mass is 15.0. The van der Waals surface area contributed by atoms with Gasteiger partial charge in [-0.1, -0.05) is 6.92 Å². The van der Waals surface area contributed by atoms with Crippen molar-refractivity contribution in [3.05, 3.63) is 0 Å². The lowest BCUT2D eigenvalue weighted by Crippen LogP contribution is -2.38. The topological polar surface area (TPSA) is 24.1 Å². The number of hydrogen-bond acceptors (Lipinski definition) is 2. The monoisotopic (exact) mass is 142 g/mol. The Balaban J connectivity index is 2.07. The van der Waals surface area contributed by atoms with E-state index in [1.165, 1.54) is 12.8 Å². The van der Waals surface area contributed by atoms with Gasteiger partial charge in [0.05, 0.1) is 0 Å². The Morgan fingerprint density at radius 2 is 2.20 bits per heavy atom. The van der Waals surface area contributed by atoms with E-state index >= 15 is 0 Å². The third-order valence-corrected chi connectivity index (χ3v) is 2.18. The van der Waals surface area contributed by atoms with E-state index in [0.717, 1.165) is 25.0 Å². The van der Waals surface area contributed by atoms with Gasteiger partial charge >= 0.3 is 0 Å². The van der Waals surface area contributed by atoms with Crippen LogP contribution in [0.5, 0.6) is 0 Å². The Hall–Kier alpha value is -0.0800. The third kappa shape index (κ3) is 2.27. The second-order valence-electron chi connectivity index (χ2n) is 3.04. The first-order valence-corrected chi connectivity index (χ1v) is 4.26. The number of rotatable bonds is 5. The predicted molar refractivity (Wildman–Crippen MR) is 44.1 cm³/mol. The summed E-state index contributed by atoms with van der Waals surface area (Å²) in [6.07, 6.45) is 2.85. The third-order valence-electron chi connectivity index (χ3n) is 2.18. The fourth-order valence-corrected chi connectivity index (χ4v) is 1.30. The van der Waals surface area contributed by atoms with Crippen LogP contribution in [0.1, 0.15) is 19.8 Å². The molecule has 2 nitrogen and oxygen atoms in total. The van der Waals surface area contributed by atoms with Crippen molar-refractivity contribution in [1.29, 1.82) is 0 Å². The van der Waals surface area contributed by atoms with Gasteiger partial charge in [0.1, 0.15) is 0 Å². The van der Waals surface area contributed by atoms with Crippen molar-refractivity contribution in [3.63, 3.8) is 0 Å². The van der Waals surface area contributed by atoms with Crippen LogP contribution in [0, 0.1) is 5.92 Å². The van der Waals surface area contributed by atoms with Gasteiger partial charge in [0.15, 0.2) is 0 Å². The van der Waals surface area contributed by atoms with Crippen molar-refractivity contribution >= 4 is 0 Å². The molecule has 1 rings (SSSR count). The summed E-state index contributed by atoms with van der Waals surface area (Å²) >= 11 is 0. The van der Waals surface area contributed by atoms with Crippen LogP contribution in [0.2, 0.25) is 0 Å². The van der Waals surface area contributed by atoms with E-state index in [9.17, 15) is 0 Å². The molecule has 0 aromatic heterocycles. The van der Waals surface area contributed by atoms with Gasteiger partial charge in [-0.3, -0.25) is 0 Å². The number of hydrogen-bond donors (Lipinski definition) is 2. The molecule has 10 heavy (non-hydrogen) atoms. The minimum Gasteiger partial charge on any atom is -0.315 e. The molecule has 0 spiro atoms. The molecule has 60 valence electrons. The molecule has 0 aromatic carbocycles. The summed E-state index contributed by atoms with van der Waals surface area (Å²) in [5, 5.41) is 6.69. The zero-order valence-corrected chi connectivity index (χ0v) is 6.98. The van der Waals surface area contributed by atoms with Crippen LogP contribution in [0.15, 0.2) is 0 Å². The van der Waals surface area contributed by atoms with Crippen molar-refractivity contribution in [2.24, 2.45) is 5.92 Å². The van der Waals surface area contributed by atoms with Crippen molar-refractivity contribution < 1.29 is 0 Å². The summed E-state index contributed by atoms with van der Waals surface area (Å²) in [5.74, 6) is 0.962. The molecule has 1 aliphatic carbocycles. The van der Waals surface area contributed by atoms with Crippen LogP contribution in [0.4, 0.5) is 0 Å². The average Bonchev–Trinajstić information content (AvgIpc) is 2.73. The van der Waals surface area contributed by atoms with Gasteiger partial charge in [-0.2, -0.15) is 0 Å². The van der Waals surface area contributed by atoms with E-state index in [2.05, 4.69) is 24.6 Å². The first-order chi connectivity index (χ1) is 4.88. The molecule has 1 atom stereocenters. The van der Waals surface area contributed by atoms with Crippen LogP contribution in [-0.4, -0.2) is 26.2 Å². The van der Waals surface area contributed by atoms with Crippen LogP contribution in [0.25, 0.3) is 0 Å². The van der Waals surface area contributed by atoms with Crippen LogP contribution in [0.3, 0.4) is 0 Å². The molecule has 1 aliphatic rings. The molecule has 0 aromatic rings. The molecule has 0 aliphatic heterocycles. The first-order valence-electron chi connectivity index (χ1n) is 4.26. The number of nitrogens with one attached hydrogen (secondary N) is 2. The Morgan fingerprint density at radius 1 is 1.50 bits per heavy atom. The summed E-state index contributed by atoms with van der Waals surface area (Å²) in [6, 6.07) is 0.722. The Kier molecular flexibility index (Phi) is 3.16. The van der Waals surface area contributed by atoms with E-state index in [-0.39, 0.29) is 0 Å². The highest BCUT2D eigenvalue weighted by Gasteiger charge is 2.29. The summed E-state index contributed by atoms with van der Waals surface area (Å²) in [5.41, 5.74) is 0. The molecule has 0 saturated heterocycles. The standard InChI is InChI=1S/C8H18N2/c1-3-10-6-8(9-2)7-4-5-7/h7-10H,3-6H2,1-2H3. The fraction of sp³-hybridized carbons (Fsp3) is 1.00. The zero-order chi connectivity index (χ0) is 7.40. The first kappa shape index (κ1) is 8.02. The predicted octanol–water partition coefficient (Wildman–Crippen LogP) is 0.594. The Labute approximate surface area is 63.4 Å². The van der Waals surface area contributed by atoms with Crippen molar-refractivity contribution in [1.82, 2.24) is 10.6 Å². The molecule has 1 saturated carbocycles. The van der Waals surface area contributed by atoms with Crippen LogP contribution < -0.4 is 10.6 Å². The second-order valence-corrected chi connectivity index (χ2v) is 3.04. The maximum atomic E-state index is 3.36. The molecule has 0 amide bonds. The second kappa shape index (κ2) is 3.94. The Morgan fingerprint density at radius 3 is 2.60 bits per heavy atom. The highest BCUT2D eigenvalue weighted by Crippen LogP contribution is 2.31. The minimum atomic E-state index is 0.722. The SMILES string of the molecule is CCNCC(NC)C1CC1. The molecule has 2 N–H and O–H groups in total. The fourth-order valence-electron chi connectivity index (χ4n) is 1.30. The van der Waals surface area contributed by atoms with Gasteiger partial charge in [0, 0.05) is 12.6 Å². The summed E-state index contributed by atoms with van der Waals surface area (Å²) in [4.78, 5) is 0. The van der Waals surface area contributed by atoms with Crippen LogP contribution >= 0.6 is 0 Å². The normalized spacial score (nSPS) is 21.0. The quantitative estimate of drug-likeness (QED) is 0.587. The molecule has 1 fully saturated rings. The van der Waals surface area contributed by atoms with Crippen LogP contribution in [-0.2, 0) is 0 Å². The van der Waals surface area contributed by atoms with Gasteiger partial charge in [-0.25, -0.2) is 0 Å². The largest absolute Gasteiger partial charge is 0.315 e. The van der Waals surface area contributed by atoms with E-state index < -0.39 is 0 Å². The van der Waals surface area contributed by atoms with E-state index in [1.807, 2.05) is 0 Å². The maximum Gasteiger partial charge on any atom is 0.0217 e. The lowest BCUT2D eigenvalue weighted by Gasteiger charge is -2.14. The van der Waals surface area contributed by atoms with E-state index in [4.69, 9.17) is 0 Å². The van der Waals surface area contributed by atoms with Crippen molar-refractivity contribution in [2.45, 2.75) is 25.8 Å². The highest BCUT2D eigenvalue weighted by molar-refractivity contribution is 4.86. The summed E-state index contributed by atoms with van der Waals surface area (Å²) < 4.78 is 0. The van der Waals surface area contributed by atoms with Crippen molar-refractivity contribution in [3.8, 4) is 0 Å². The lowest BCUT2D eigenvalue weighted by molar-refractivity contribution is 0.469. The molecular weight excluding hydrogens is 124 g/mol. The van der Waals surface area contributed by atoms with E-state index in [0.29, 0.717) is 0 Å². The summed E-state index contributed by atoms with van der Waals surface area (Å²) in [6.45, 7) is 4.38. The molecule has 1 unspecified atom stereocenters. The average molecular weight is 142 g/mol. The lowest BCUT2D eigenvalue weighted by atomic mass is 10.2. The van der Waals surface area contributed by atoms with Crippen molar-refractivity contribution in [2.75, 3.05) is 20.1 Å². The Bertz CT molecular complexity index is 89.3. The molecule has 0 heterocycles. The van der Waals surface area contributed by atoms with E-state index in [1.54, 1.807) is 0 Å². The van der Waals surface area contributed by atoms with Gasteiger partial charge in [-0.15, -0.1) is 0 Å². The molecule has 2 heteroatoms. The summed E-state index contributed by atoms with van der Waals surface area (Å²) in [7, 11) is 2.06. The minimum absolute atomic E-state index is 0.722. The molecular formula is C8H18N2. The molecule has 0 radical (unpaired) electrons. The number of likely N-dealkylation sites (N-methyl/N-ethyl adjacent to an activating group) is 2. The molecule has 0 bridgehead atoms. The zero-order valence-electron chi connectivity index (χ0n) is 6.98. The van der Waals surface area contributed by atoms with Gasteiger partial charge in [0.2, 0.25) is 0 Å². The smallest absolute Gasteiger partial charge is 0.0217 e. The van der Waals surface area contributed by atoms with Gasteiger partial charge in [0.25, 0.3) is 0 Å².